The lowest BCUT2D eigenvalue weighted by Crippen LogP contribution is -2.21. The molecule has 8 nitrogen and oxygen atoms in total. The number of phenolic OH excluding ortho intramolecular Hbond substituents is 3. The molecule has 0 aliphatic carbocycles. The number of sulfonamides is 1. The van der Waals surface area contributed by atoms with Gasteiger partial charge in [-0.05, 0) is 89.9 Å². The zero-order chi connectivity index (χ0) is 42.6. The molecule has 7 aromatic rings. The molecular weight excluding hydrogens is 755 g/mol. The standard InChI is InChI=1S/C50H53N3O5S/c1-29-21-32(27-34-23-30(2)25-41(47(34)55)49(4,5)6)46(54)33(22-29)28-35-24-31(3)26-42(48(35)56)50(7,8)40-15-12-14-39-44(38-13-10-11-16-43(38)52-45(39)40)51-36-17-19-37(20-18-36)53-59(9,57)58/h10-26,53-56H,27-28H2,1-9H3,(H,51,52). The van der Waals surface area contributed by atoms with E-state index in [1.807, 2.05) is 106 Å². The second-order valence-electron chi connectivity index (χ2n) is 17.6. The van der Waals surface area contributed by atoms with Crippen LogP contribution in [-0.2, 0) is 33.7 Å². The van der Waals surface area contributed by atoms with Gasteiger partial charge in [-0.25, -0.2) is 13.4 Å². The van der Waals surface area contributed by atoms with E-state index in [2.05, 4.69) is 50.7 Å². The normalized spacial score (nSPS) is 12.3. The predicted octanol–water partition coefficient (Wildman–Crippen LogP) is 11.4. The van der Waals surface area contributed by atoms with Gasteiger partial charge < -0.3 is 20.6 Å². The zero-order valence-electron chi connectivity index (χ0n) is 35.2. The van der Waals surface area contributed by atoms with E-state index in [-0.39, 0.29) is 22.7 Å². The number of benzene rings is 6. The maximum absolute atomic E-state index is 12.2. The van der Waals surface area contributed by atoms with Crippen molar-refractivity contribution in [2.24, 2.45) is 0 Å². The van der Waals surface area contributed by atoms with Gasteiger partial charge in [0.1, 0.15) is 17.2 Å². The monoisotopic (exact) mass is 807 g/mol. The molecule has 9 heteroatoms. The van der Waals surface area contributed by atoms with Gasteiger partial charge in [-0.3, -0.25) is 4.72 Å². The van der Waals surface area contributed by atoms with Crippen LogP contribution in [0.5, 0.6) is 17.2 Å². The Morgan fingerprint density at radius 1 is 0.576 bits per heavy atom. The summed E-state index contributed by atoms with van der Waals surface area (Å²) in [6.45, 7) is 16.5. The Morgan fingerprint density at radius 3 is 1.64 bits per heavy atom. The van der Waals surface area contributed by atoms with Crippen LogP contribution < -0.4 is 10.0 Å². The van der Waals surface area contributed by atoms with Gasteiger partial charge in [0.25, 0.3) is 0 Å². The summed E-state index contributed by atoms with van der Waals surface area (Å²) in [5, 5.41) is 40.7. The number of para-hydroxylation sites is 2. The molecule has 0 fully saturated rings. The van der Waals surface area contributed by atoms with Crippen LogP contribution in [0.4, 0.5) is 17.1 Å². The van der Waals surface area contributed by atoms with Gasteiger partial charge in [0.15, 0.2) is 0 Å². The number of nitrogens with zero attached hydrogens (tertiary/aromatic N) is 1. The first-order valence-corrected chi connectivity index (χ1v) is 21.7. The molecule has 0 aliphatic heterocycles. The largest absolute Gasteiger partial charge is 0.507 e. The van der Waals surface area contributed by atoms with Gasteiger partial charge in [-0.2, -0.15) is 0 Å². The highest BCUT2D eigenvalue weighted by molar-refractivity contribution is 7.92. The summed E-state index contributed by atoms with van der Waals surface area (Å²) in [7, 11) is -3.41. The fourth-order valence-corrected chi connectivity index (χ4v) is 8.88. The summed E-state index contributed by atoms with van der Waals surface area (Å²) in [6, 6.07) is 33.1. The highest BCUT2D eigenvalue weighted by Crippen LogP contribution is 2.45. The van der Waals surface area contributed by atoms with Crippen molar-refractivity contribution in [3.63, 3.8) is 0 Å². The number of nitrogens with one attached hydrogen (secondary N) is 2. The number of aromatic nitrogens is 1. The van der Waals surface area contributed by atoms with E-state index in [1.165, 1.54) is 0 Å². The minimum atomic E-state index is -3.41. The average molecular weight is 808 g/mol. The summed E-state index contributed by atoms with van der Waals surface area (Å²) in [5.74, 6) is 0.570. The molecule has 0 saturated carbocycles. The molecule has 6 aromatic carbocycles. The number of fused-ring (bicyclic) bond motifs is 2. The lowest BCUT2D eigenvalue weighted by atomic mass is 9.75. The molecule has 1 aromatic heterocycles. The van der Waals surface area contributed by atoms with Crippen molar-refractivity contribution in [3.8, 4) is 17.2 Å². The van der Waals surface area contributed by atoms with Crippen molar-refractivity contribution in [1.29, 1.82) is 0 Å². The van der Waals surface area contributed by atoms with E-state index < -0.39 is 15.4 Å². The van der Waals surface area contributed by atoms with Crippen LogP contribution in [0, 0.1) is 20.8 Å². The summed E-state index contributed by atoms with van der Waals surface area (Å²) in [6.07, 6.45) is 1.79. The van der Waals surface area contributed by atoms with Crippen LogP contribution in [0.2, 0.25) is 0 Å². The number of anilines is 3. The van der Waals surface area contributed by atoms with Crippen LogP contribution in [0.25, 0.3) is 21.8 Å². The Bertz CT molecular complexity index is 2880. The first kappa shape index (κ1) is 41.1. The fourth-order valence-electron chi connectivity index (χ4n) is 8.32. The number of phenols is 3. The molecule has 7 rings (SSSR count). The van der Waals surface area contributed by atoms with Gasteiger partial charge >= 0.3 is 0 Å². The first-order chi connectivity index (χ1) is 27.7. The number of aromatic hydroxyl groups is 3. The van der Waals surface area contributed by atoms with Crippen molar-refractivity contribution in [2.75, 3.05) is 16.3 Å². The molecule has 1 heterocycles. The minimum absolute atomic E-state index is 0.155. The molecule has 0 aliphatic rings. The Morgan fingerprint density at radius 2 is 1.07 bits per heavy atom. The van der Waals surface area contributed by atoms with Gasteiger partial charge in [0, 0.05) is 46.0 Å². The van der Waals surface area contributed by atoms with E-state index in [4.69, 9.17) is 4.98 Å². The number of rotatable bonds is 10. The molecule has 0 spiro atoms. The van der Waals surface area contributed by atoms with Crippen LogP contribution in [0.3, 0.4) is 0 Å². The van der Waals surface area contributed by atoms with Crippen molar-refractivity contribution in [1.82, 2.24) is 4.98 Å². The maximum atomic E-state index is 12.2. The zero-order valence-corrected chi connectivity index (χ0v) is 36.1. The molecular formula is C50H53N3O5S. The van der Waals surface area contributed by atoms with Gasteiger partial charge in [0.2, 0.25) is 10.0 Å². The molecule has 0 saturated heterocycles. The van der Waals surface area contributed by atoms with Crippen LogP contribution in [0.1, 0.15) is 90.3 Å². The molecule has 0 bridgehead atoms. The van der Waals surface area contributed by atoms with Crippen molar-refractivity contribution in [3.05, 3.63) is 159 Å². The smallest absolute Gasteiger partial charge is 0.229 e. The molecule has 304 valence electrons. The quantitative estimate of drug-likeness (QED) is 0.0869. The Balaban J connectivity index is 1.28. The lowest BCUT2D eigenvalue weighted by Gasteiger charge is -2.30. The highest BCUT2D eigenvalue weighted by atomic mass is 32.2. The number of hydrogen-bond donors (Lipinski definition) is 5. The second kappa shape index (κ2) is 15.3. The van der Waals surface area contributed by atoms with E-state index in [0.717, 1.165) is 78.4 Å². The van der Waals surface area contributed by atoms with Crippen molar-refractivity contribution < 1.29 is 23.7 Å². The minimum Gasteiger partial charge on any atom is -0.507 e. The van der Waals surface area contributed by atoms with E-state index in [9.17, 15) is 23.7 Å². The van der Waals surface area contributed by atoms with E-state index in [0.29, 0.717) is 35.2 Å². The Kier molecular flexibility index (Phi) is 10.6. The van der Waals surface area contributed by atoms with Gasteiger partial charge in [-0.1, -0.05) is 124 Å². The molecule has 5 N–H and O–H groups in total. The molecule has 0 radical (unpaired) electrons. The average Bonchev–Trinajstić information content (AvgIpc) is 3.15. The summed E-state index contributed by atoms with van der Waals surface area (Å²) >= 11 is 0. The SMILES string of the molecule is Cc1cc(Cc2cc(C)cc(C(C)(C)C)c2O)c(O)c(Cc2cc(C)cc(C(C)(C)c3cccc4c(Nc5ccc(NS(C)(=O)=O)cc5)c5ccccc5nc34)c2O)c1. The van der Waals surface area contributed by atoms with Crippen molar-refractivity contribution in [2.45, 2.75) is 79.1 Å². The van der Waals surface area contributed by atoms with Gasteiger partial charge in [0.05, 0.1) is 23.0 Å². The van der Waals surface area contributed by atoms with Crippen LogP contribution in [0.15, 0.2) is 103 Å². The van der Waals surface area contributed by atoms with Crippen molar-refractivity contribution >= 4 is 48.9 Å². The Labute approximate surface area is 347 Å². The fraction of sp³-hybridized carbons (Fsp3) is 0.260. The summed E-state index contributed by atoms with van der Waals surface area (Å²) in [4.78, 5) is 5.21. The predicted molar refractivity (Wildman–Crippen MR) is 242 cm³/mol. The third-order valence-electron chi connectivity index (χ3n) is 11.2. The number of aryl methyl sites for hydroxylation is 3. The number of hydrogen-bond acceptors (Lipinski definition) is 7. The van der Waals surface area contributed by atoms with Gasteiger partial charge in [-0.15, -0.1) is 0 Å². The maximum Gasteiger partial charge on any atom is 0.229 e. The summed E-state index contributed by atoms with van der Waals surface area (Å²) < 4.78 is 26.1. The topological polar surface area (TPSA) is 132 Å². The lowest BCUT2D eigenvalue weighted by molar-refractivity contribution is 0.439. The summed E-state index contributed by atoms with van der Waals surface area (Å²) in [5.41, 5.74) is 11.1. The van der Waals surface area contributed by atoms with E-state index >= 15 is 0 Å². The van der Waals surface area contributed by atoms with E-state index in [1.54, 1.807) is 12.1 Å². The first-order valence-electron chi connectivity index (χ1n) is 19.8. The Hall–Kier alpha value is -6.06. The molecule has 0 amide bonds. The van der Waals surface area contributed by atoms with Crippen LogP contribution >= 0.6 is 0 Å². The third kappa shape index (κ3) is 8.43. The third-order valence-corrected chi connectivity index (χ3v) is 11.8. The molecule has 59 heavy (non-hydrogen) atoms. The number of pyridine rings is 1. The second-order valence-corrected chi connectivity index (χ2v) is 19.3. The van der Waals surface area contributed by atoms with Crippen LogP contribution in [-0.4, -0.2) is 35.0 Å². The highest BCUT2D eigenvalue weighted by Gasteiger charge is 2.31. The molecule has 0 atom stereocenters. The molecule has 0 unspecified atom stereocenters.